The molecule has 1 aliphatic heterocycles. The van der Waals surface area contributed by atoms with Crippen molar-refractivity contribution in [2.75, 3.05) is 31.1 Å². The van der Waals surface area contributed by atoms with Crippen molar-refractivity contribution >= 4 is 17.2 Å². The van der Waals surface area contributed by atoms with Gasteiger partial charge >= 0.3 is 6.18 Å². The number of piperazine rings is 1. The fourth-order valence-electron chi connectivity index (χ4n) is 2.40. The second-order valence-corrected chi connectivity index (χ2v) is 6.15. The molecule has 0 amide bonds. The molecule has 0 unspecified atom stereocenters. The van der Waals surface area contributed by atoms with Crippen LogP contribution in [0.5, 0.6) is 0 Å². The molecule has 22 heavy (non-hydrogen) atoms. The van der Waals surface area contributed by atoms with E-state index in [0.29, 0.717) is 5.82 Å². The van der Waals surface area contributed by atoms with Crippen LogP contribution in [0.25, 0.3) is 0 Å². The number of hydrogen-bond donors (Lipinski definition) is 0. The summed E-state index contributed by atoms with van der Waals surface area (Å²) in [6, 6.07) is 6.53. The molecule has 0 N–H and O–H groups in total. The predicted octanol–water partition coefficient (Wildman–Crippen LogP) is 2.88. The maximum Gasteiger partial charge on any atom is 0.435 e. The predicted molar refractivity (Wildman–Crippen MR) is 78.8 cm³/mol. The molecule has 4 nitrogen and oxygen atoms in total. The highest BCUT2D eigenvalue weighted by atomic mass is 32.1. The Balaban J connectivity index is 1.57. The van der Waals surface area contributed by atoms with E-state index in [1.807, 2.05) is 11.0 Å². The average molecular weight is 328 g/mol. The van der Waals surface area contributed by atoms with E-state index < -0.39 is 11.9 Å². The van der Waals surface area contributed by atoms with E-state index in [9.17, 15) is 13.2 Å². The summed E-state index contributed by atoms with van der Waals surface area (Å²) in [6.45, 7) is 4.13. The first-order valence-corrected chi connectivity index (χ1v) is 7.81. The van der Waals surface area contributed by atoms with E-state index in [-0.39, 0.29) is 0 Å². The van der Waals surface area contributed by atoms with Crippen LogP contribution in [0.3, 0.4) is 0 Å². The average Bonchev–Trinajstić information content (AvgIpc) is 3.00. The van der Waals surface area contributed by atoms with E-state index >= 15 is 0 Å². The summed E-state index contributed by atoms with van der Waals surface area (Å²) in [4.78, 5) is 5.63. The second-order valence-electron chi connectivity index (χ2n) is 5.12. The van der Waals surface area contributed by atoms with Crippen molar-refractivity contribution in [3.63, 3.8) is 0 Å². The standard InChI is InChI=1S/C14H15F3N4S/c15-14(16,17)12-3-4-13(19-18-12)21-7-5-20(6-8-21)10-11-2-1-9-22-11/h1-4,9H,5-8,10H2. The van der Waals surface area contributed by atoms with Crippen LogP contribution in [-0.4, -0.2) is 41.3 Å². The topological polar surface area (TPSA) is 32.3 Å². The van der Waals surface area contributed by atoms with Gasteiger partial charge in [-0.3, -0.25) is 4.90 Å². The van der Waals surface area contributed by atoms with Crippen LogP contribution >= 0.6 is 11.3 Å². The van der Waals surface area contributed by atoms with Gasteiger partial charge in [-0.15, -0.1) is 21.5 Å². The quantitative estimate of drug-likeness (QED) is 0.867. The van der Waals surface area contributed by atoms with Crippen molar-refractivity contribution in [2.24, 2.45) is 0 Å². The fraction of sp³-hybridized carbons (Fsp3) is 0.429. The van der Waals surface area contributed by atoms with Gasteiger partial charge in [-0.25, -0.2) is 0 Å². The minimum atomic E-state index is -4.44. The molecular formula is C14H15F3N4S. The molecule has 0 spiro atoms. The van der Waals surface area contributed by atoms with Gasteiger partial charge in [0.15, 0.2) is 11.5 Å². The van der Waals surface area contributed by atoms with Crippen LogP contribution < -0.4 is 4.90 Å². The molecule has 0 aromatic carbocycles. The number of hydrogen-bond acceptors (Lipinski definition) is 5. The third-order valence-corrected chi connectivity index (χ3v) is 4.46. The lowest BCUT2D eigenvalue weighted by Gasteiger charge is -2.34. The largest absolute Gasteiger partial charge is 0.435 e. The van der Waals surface area contributed by atoms with E-state index in [1.54, 1.807) is 11.3 Å². The lowest BCUT2D eigenvalue weighted by molar-refractivity contribution is -0.141. The molecule has 0 bridgehead atoms. The lowest BCUT2D eigenvalue weighted by Crippen LogP contribution is -2.46. The number of halogens is 3. The molecule has 1 aliphatic rings. The first kappa shape index (κ1) is 15.2. The molecular weight excluding hydrogens is 313 g/mol. The van der Waals surface area contributed by atoms with Crippen molar-refractivity contribution < 1.29 is 13.2 Å². The Kier molecular flexibility index (Phi) is 4.30. The molecule has 0 atom stereocenters. The van der Waals surface area contributed by atoms with Gasteiger partial charge in [-0.1, -0.05) is 6.07 Å². The minimum absolute atomic E-state index is 0.503. The zero-order chi connectivity index (χ0) is 15.6. The smallest absolute Gasteiger partial charge is 0.353 e. The van der Waals surface area contributed by atoms with E-state index in [0.717, 1.165) is 38.8 Å². The summed E-state index contributed by atoms with van der Waals surface area (Å²) in [5.41, 5.74) is -0.951. The van der Waals surface area contributed by atoms with Gasteiger partial charge in [-0.05, 0) is 23.6 Å². The summed E-state index contributed by atoms with van der Waals surface area (Å²) in [5.74, 6) is 0.503. The summed E-state index contributed by atoms with van der Waals surface area (Å²) in [6.07, 6.45) is -4.44. The highest BCUT2D eigenvalue weighted by molar-refractivity contribution is 7.09. The Morgan fingerprint density at radius 2 is 1.82 bits per heavy atom. The van der Waals surface area contributed by atoms with Crippen molar-refractivity contribution in [1.82, 2.24) is 15.1 Å². The molecule has 0 radical (unpaired) electrons. The van der Waals surface area contributed by atoms with Crippen molar-refractivity contribution in [2.45, 2.75) is 12.7 Å². The second kappa shape index (κ2) is 6.21. The van der Waals surface area contributed by atoms with Gasteiger partial charge in [-0.2, -0.15) is 13.2 Å². The first-order chi connectivity index (χ1) is 10.5. The maximum absolute atomic E-state index is 12.5. The molecule has 3 heterocycles. The van der Waals surface area contributed by atoms with Crippen LogP contribution in [0.15, 0.2) is 29.6 Å². The van der Waals surface area contributed by atoms with Gasteiger partial charge in [0.1, 0.15) is 0 Å². The molecule has 2 aromatic rings. The van der Waals surface area contributed by atoms with Gasteiger partial charge in [0.05, 0.1) is 0 Å². The number of rotatable bonds is 3. The number of alkyl halides is 3. The molecule has 0 aliphatic carbocycles. The highest BCUT2D eigenvalue weighted by Gasteiger charge is 2.33. The molecule has 3 rings (SSSR count). The van der Waals surface area contributed by atoms with Crippen LogP contribution in [0.4, 0.5) is 19.0 Å². The Morgan fingerprint density at radius 3 is 2.36 bits per heavy atom. The SMILES string of the molecule is FC(F)(F)c1ccc(N2CCN(Cc3cccs3)CC2)nn1. The third kappa shape index (κ3) is 3.56. The van der Waals surface area contributed by atoms with Crippen molar-refractivity contribution in [3.8, 4) is 0 Å². The minimum Gasteiger partial charge on any atom is -0.353 e. The van der Waals surface area contributed by atoms with E-state index in [1.165, 1.54) is 10.9 Å². The Morgan fingerprint density at radius 1 is 1.05 bits per heavy atom. The number of nitrogens with zero attached hydrogens (tertiary/aromatic N) is 4. The Labute approximate surface area is 130 Å². The van der Waals surface area contributed by atoms with Gasteiger partial charge in [0.25, 0.3) is 0 Å². The summed E-state index contributed by atoms with van der Waals surface area (Å²) in [5, 5.41) is 9.04. The first-order valence-electron chi connectivity index (χ1n) is 6.93. The van der Waals surface area contributed by atoms with E-state index in [4.69, 9.17) is 0 Å². The lowest BCUT2D eigenvalue weighted by atomic mass is 10.3. The Bertz CT molecular complexity index is 590. The summed E-state index contributed by atoms with van der Waals surface area (Å²) < 4.78 is 37.4. The molecule has 0 saturated carbocycles. The third-order valence-electron chi connectivity index (χ3n) is 3.60. The van der Waals surface area contributed by atoms with Crippen LogP contribution in [-0.2, 0) is 12.7 Å². The monoisotopic (exact) mass is 328 g/mol. The molecule has 8 heteroatoms. The number of anilines is 1. The zero-order valence-corrected chi connectivity index (χ0v) is 12.6. The summed E-state index contributed by atoms with van der Waals surface area (Å²) in [7, 11) is 0. The number of aromatic nitrogens is 2. The fourth-order valence-corrected chi connectivity index (χ4v) is 3.15. The highest BCUT2D eigenvalue weighted by Crippen LogP contribution is 2.27. The normalized spacial score (nSPS) is 17.0. The van der Waals surface area contributed by atoms with Gasteiger partial charge in [0, 0.05) is 37.6 Å². The summed E-state index contributed by atoms with van der Waals surface area (Å²) >= 11 is 1.73. The van der Waals surface area contributed by atoms with Gasteiger partial charge < -0.3 is 4.90 Å². The van der Waals surface area contributed by atoms with Crippen molar-refractivity contribution in [3.05, 3.63) is 40.2 Å². The van der Waals surface area contributed by atoms with E-state index in [2.05, 4.69) is 26.5 Å². The van der Waals surface area contributed by atoms with Crippen LogP contribution in [0.1, 0.15) is 10.6 Å². The maximum atomic E-state index is 12.5. The molecule has 118 valence electrons. The van der Waals surface area contributed by atoms with Crippen molar-refractivity contribution in [1.29, 1.82) is 0 Å². The number of thiophene rings is 1. The van der Waals surface area contributed by atoms with Crippen LogP contribution in [0, 0.1) is 0 Å². The van der Waals surface area contributed by atoms with Crippen LogP contribution in [0.2, 0.25) is 0 Å². The molecule has 1 fully saturated rings. The molecule has 1 saturated heterocycles. The zero-order valence-electron chi connectivity index (χ0n) is 11.8. The molecule has 2 aromatic heterocycles. The Hall–Kier alpha value is -1.67. The van der Waals surface area contributed by atoms with Gasteiger partial charge in [0.2, 0.25) is 0 Å².